The van der Waals surface area contributed by atoms with E-state index < -0.39 is 6.04 Å². The first-order valence-electron chi connectivity index (χ1n) is 8.41. The number of benzene rings is 2. The first-order chi connectivity index (χ1) is 12.1. The molecule has 2 amide bonds. The number of carbonyl (C=O) groups excluding carboxylic acids is 2. The molecular formula is C20H24N2O3. The van der Waals surface area contributed by atoms with Gasteiger partial charge in [-0.25, -0.2) is 0 Å². The average Bonchev–Trinajstić information content (AvgIpc) is 2.63. The standard InChI is InChI=1S/C20H24N2O3/c1-15(12-13-23)21-20(25)18(14-16-8-4-2-5-9-16)22-19(24)17-10-6-3-7-11-17/h2-11,15,18,23H,12-14H2,1H3,(H,21,25)(H,22,24). The molecule has 0 fully saturated rings. The fraction of sp³-hybridized carbons (Fsp3) is 0.300. The van der Waals surface area contributed by atoms with Crippen molar-refractivity contribution < 1.29 is 14.7 Å². The highest BCUT2D eigenvalue weighted by Gasteiger charge is 2.23. The molecule has 0 saturated carbocycles. The van der Waals surface area contributed by atoms with E-state index in [1.165, 1.54) is 0 Å². The Bertz CT molecular complexity index is 674. The van der Waals surface area contributed by atoms with Crippen LogP contribution >= 0.6 is 0 Å². The number of carbonyl (C=O) groups is 2. The minimum Gasteiger partial charge on any atom is -0.396 e. The van der Waals surface area contributed by atoms with Gasteiger partial charge in [0.05, 0.1) is 0 Å². The number of aliphatic hydroxyl groups is 1. The summed E-state index contributed by atoms with van der Waals surface area (Å²) in [6, 6.07) is 17.5. The van der Waals surface area contributed by atoms with Gasteiger partial charge in [-0.1, -0.05) is 48.5 Å². The van der Waals surface area contributed by atoms with Crippen LogP contribution in [0.3, 0.4) is 0 Å². The third-order valence-electron chi connectivity index (χ3n) is 3.89. The highest BCUT2D eigenvalue weighted by atomic mass is 16.3. The maximum atomic E-state index is 12.6. The van der Waals surface area contributed by atoms with E-state index in [-0.39, 0.29) is 24.5 Å². The highest BCUT2D eigenvalue weighted by molar-refractivity contribution is 5.97. The Morgan fingerprint density at radius 1 is 0.960 bits per heavy atom. The molecule has 0 aliphatic heterocycles. The van der Waals surface area contributed by atoms with Crippen LogP contribution in [0.15, 0.2) is 60.7 Å². The van der Waals surface area contributed by atoms with Crippen molar-refractivity contribution in [2.45, 2.75) is 31.8 Å². The van der Waals surface area contributed by atoms with E-state index in [9.17, 15) is 9.59 Å². The van der Waals surface area contributed by atoms with Gasteiger partial charge >= 0.3 is 0 Å². The second-order valence-electron chi connectivity index (χ2n) is 6.00. The molecule has 0 aliphatic carbocycles. The summed E-state index contributed by atoms with van der Waals surface area (Å²) in [5.74, 6) is -0.541. The van der Waals surface area contributed by atoms with Crippen LogP contribution in [0.4, 0.5) is 0 Å². The Hall–Kier alpha value is -2.66. The van der Waals surface area contributed by atoms with Crippen molar-refractivity contribution >= 4 is 11.8 Å². The average molecular weight is 340 g/mol. The zero-order valence-corrected chi connectivity index (χ0v) is 14.3. The molecule has 2 rings (SSSR count). The fourth-order valence-electron chi connectivity index (χ4n) is 2.50. The van der Waals surface area contributed by atoms with Gasteiger partial charge in [0.2, 0.25) is 5.91 Å². The van der Waals surface area contributed by atoms with Crippen molar-refractivity contribution in [3.8, 4) is 0 Å². The number of hydrogen-bond donors (Lipinski definition) is 3. The molecule has 25 heavy (non-hydrogen) atoms. The number of aliphatic hydroxyl groups excluding tert-OH is 1. The van der Waals surface area contributed by atoms with Crippen LogP contribution in [0.2, 0.25) is 0 Å². The van der Waals surface area contributed by atoms with Crippen LogP contribution < -0.4 is 10.6 Å². The molecule has 0 bridgehead atoms. The van der Waals surface area contributed by atoms with Crippen LogP contribution in [-0.2, 0) is 11.2 Å². The van der Waals surface area contributed by atoms with Gasteiger partial charge in [-0.15, -0.1) is 0 Å². The van der Waals surface area contributed by atoms with E-state index >= 15 is 0 Å². The third-order valence-corrected chi connectivity index (χ3v) is 3.89. The van der Waals surface area contributed by atoms with E-state index in [0.29, 0.717) is 18.4 Å². The van der Waals surface area contributed by atoms with Gasteiger partial charge in [-0.2, -0.15) is 0 Å². The largest absolute Gasteiger partial charge is 0.396 e. The quantitative estimate of drug-likeness (QED) is 0.687. The van der Waals surface area contributed by atoms with Crippen LogP contribution in [0.25, 0.3) is 0 Å². The summed E-state index contributed by atoms with van der Waals surface area (Å²) in [6.45, 7) is 1.83. The normalized spacial score (nSPS) is 12.9. The summed E-state index contributed by atoms with van der Waals surface area (Å²) >= 11 is 0. The summed E-state index contributed by atoms with van der Waals surface area (Å²) in [7, 11) is 0. The second kappa shape index (κ2) is 9.59. The summed E-state index contributed by atoms with van der Waals surface area (Å²) in [5, 5.41) is 14.7. The third kappa shape index (κ3) is 6.04. The van der Waals surface area contributed by atoms with Crippen molar-refractivity contribution in [2.75, 3.05) is 6.61 Å². The van der Waals surface area contributed by atoms with Crippen LogP contribution in [0.5, 0.6) is 0 Å². The Morgan fingerprint density at radius 3 is 2.16 bits per heavy atom. The molecule has 5 heteroatoms. The Kier molecular flexibility index (Phi) is 7.16. The lowest BCUT2D eigenvalue weighted by Gasteiger charge is -2.21. The lowest BCUT2D eigenvalue weighted by molar-refractivity contribution is -0.123. The Balaban J connectivity index is 2.10. The van der Waals surface area contributed by atoms with Gasteiger partial charge in [0.1, 0.15) is 6.04 Å². The van der Waals surface area contributed by atoms with Crippen LogP contribution in [-0.4, -0.2) is 35.6 Å². The molecule has 0 heterocycles. The number of hydrogen-bond acceptors (Lipinski definition) is 3. The minimum absolute atomic E-state index is 0.00116. The number of rotatable bonds is 8. The molecule has 3 N–H and O–H groups in total. The van der Waals surface area contributed by atoms with E-state index in [4.69, 9.17) is 5.11 Å². The molecule has 0 radical (unpaired) electrons. The van der Waals surface area contributed by atoms with Crippen molar-refractivity contribution in [2.24, 2.45) is 0 Å². The molecule has 0 spiro atoms. The van der Waals surface area contributed by atoms with Gasteiger partial charge in [0.25, 0.3) is 5.91 Å². The highest BCUT2D eigenvalue weighted by Crippen LogP contribution is 2.06. The van der Waals surface area contributed by atoms with Gasteiger partial charge in [-0.3, -0.25) is 9.59 Å². The summed E-state index contributed by atoms with van der Waals surface area (Å²) in [5.41, 5.74) is 1.47. The lowest BCUT2D eigenvalue weighted by atomic mass is 10.0. The van der Waals surface area contributed by atoms with Crippen molar-refractivity contribution in [3.05, 3.63) is 71.8 Å². The Labute approximate surface area is 148 Å². The van der Waals surface area contributed by atoms with Crippen molar-refractivity contribution in [1.29, 1.82) is 0 Å². The molecule has 132 valence electrons. The van der Waals surface area contributed by atoms with E-state index in [1.807, 2.05) is 43.3 Å². The fourth-order valence-corrected chi connectivity index (χ4v) is 2.50. The van der Waals surface area contributed by atoms with Gasteiger partial charge in [0, 0.05) is 24.6 Å². The molecule has 5 nitrogen and oxygen atoms in total. The molecular weight excluding hydrogens is 316 g/mol. The van der Waals surface area contributed by atoms with E-state index in [0.717, 1.165) is 5.56 Å². The first kappa shape index (κ1) is 18.7. The second-order valence-corrected chi connectivity index (χ2v) is 6.00. The molecule has 0 aliphatic rings. The molecule has 2 aromatic carbocycles. The van der Waals surface area contributed by atoms with Crippen molar-refractivity contribution in [3.63, 3.8) is 0 Å². The maximum absolute atomic E-state index is 12.6. The number of nitrogens with one attached hydrogen (secondary N) is 2. The molecule has 0 aromatic heterocycles. The minimum atomic E-state index is -0.684. The van der Waals surface area contributed by atoms with Gasteiger partial charge in [0.15, 0.2) is 0 Å². The lowest BCUT2D eigenvalue weighted by Crippen LogP contribution is -2.50. The van der Waals surface area contributed by atoms with E-state index in [1.54, 1.807) is 24.3 Å². The van der Waals surface area contributed by atoms with Gasteiger partial charge in [-0.05, 0) is 31.0 Å². The van der Waals surface area contributed by atoms with Crippen molar-refractivity contribution in [1.82, 2.24) is 10.6 Å². The smallest absolute Gasteiger partial charge is 0.251 e. The molecule has 2 unspecified atom stereocenters. The zero-order valence-electron chi connectivity index (χ0n) is 14.3. The van der Waals surface area contributed by atoms with Gasteiger partial charge < -0.3 is 15.7 Å². The maximum Gasteiger partial charge on any atom is 0.251 e. The molecule has 2 aromatic rings. The van der Waals surface area contributed by atoms with Crippen LogP contribution in [0.1, 0.15) is 29.3 Å². The summed E-state index contributed by atoms with van der Waals surface area (Å²) in [6.07, 6.45) is 0.869. The van der Waals surface area contributed by atoms with Crippen LogP contribution in [0, 0.1) is 0 Å². The predicted molar refractivity (Wildman–Crippen MR) is 97.1 cm³/mol. The zero-order chi connectivity index (χ0) is 18.1. The summed E-state index contributed by atoms with van der Waals surface area (Å²) in [4.78, 5) is 25.0. The topological polar surface area (TPSA) is 78.4 Å². The predicted octanol–water partition coefficient (Wildman–Crippen LogP) is 1.91. The monoisotopic (exact) mass is 340 g/mol. The Morgan fingerprint density at radius 2 is 1.56 bits per heavy atom. The SMILES string of the molecule is CC(CCO)NC(=O)C(Cc1ccccc1)NC(=O)c1ccccc1. The first-order valence-corrected chi connectivity index (χ1v) is 8.41. The molecule has 0 saturated heterocycles. The number of amides is 2. The molecule has 2 atom stereocenters. The summed E-state index contributed by atoms with van der Waals surface area (Å²) < 4.78 is 0. The van der Waals surface area contributed by atoms with E-state index in [2.05, 4.69) is 10.6 Å².